The Labute approximate surface area is 244 Å². The average Bonchev–Trinajstić information content (AvgIpc) is 2.99. The van der Waals surface area contributed by atoms with E-state index in [4.69, 9.17) is 4.74 Å². The van der Waals surface area contributed by atoms with Gasteiger partial charge in [0.15, 0.2) is 0 Å². The van der Waals surface area contributed by atoms with Crippen molar-refractivity contribution >= 4 is 46.9 Å². The van der Waals surface area contributed by atoms with Crippen molar-refractivity contribution in [3.8, 4) is 5.75 Å². The lowest BCUT2D eigenvalue weighted by Gasteiger charge is -2.15. The molecule has 3 amide bonds. The second-order valence-electron chi connectivity index (χ2n) is 8.95. The summed E-state index contributed by atoms with van der Waals surface area (Å²) in [7, 11) is 0. The Morgan fingerprint density at radius 3 is 2.12 bits per heavy atom. The summed E-state index contributed by atoms with van der Waals surface area (Å²) >= 11 is 1.40. The molecule has 1 unspecified atom stereocenters. The molecule has 0 aromatic heterocycles. The van der Waals surface area contributed by atoms with Gasteiger partial charge >= 0.3 is 0 Å². The molecule has 4 aromatic carbocycles. The first-order valence-corrected chi connectivity index (χ1v) is 14.0. The van der Waals surface area contributed by atoms with Crippen molar-refractivity contribution in [1.29, 1.82) is 0 Å². The number of hydrogen-bond acceptors (Lipinski definition) is 5. The Morgan fingerprint density at radius 1 is 0.805 bits per heavy atom. The molecule has 0 radical (unpaired) electrons. The molecule has 0 spiro atoms. The molecule has 0 saturated heterocycles. The van der Waals surface area contributed by atoms with E-state index in [-0.39, 0.29) is 22.8 Å². The predicted octanol–water partition coefficient (Wildman–Crippen LogP) is 6.61. The molecule has 4 aromatic rings. The van der Waals surface area contributed by atoms with Crippen LogP contribution in [0.1, 0.15) is 29.8 Å². The molecule has 0 aliphatic carbocycles. The van der Waals surface area contributed by atoms with Crippen LogP contribution in [-0.4, -0.2) is 29.6 Å². The number of ether oxygens (including phenoxy) is 1. The second-order valence-corrected chi connectivity index (χ2v) is 10.4. The number of nitrogens with one attached hydrogen (secondary N) is 3. The van der Waals surface area contributed by atoms with Crippen molar-refractivity contribution in [3.63, 3.8) is 0 Å². The summed E-state index contributed by atoms with van der Waals surface area (Å²) in [6.45, 7) is 4.22. The molecule has 208 valence electrons. The summed E-state index contributed by atoms with van der Waals surface area (Å²) in [4.78, 5) is 39.7. The normalized spacial score (nSPS) is 11.7. The van der Waals surface area contributed by atoms with Gasteiger partial charge in [0.1, 0.15) is 11.4 Å². The smallest absolute Gasteiger partial charge is 0.272 e. The Kier molecular flexibility index (Phi) is 10.3. The minimum Gasteiger partial charge on any atom is -0.492 e. The van der Waals surface area contributed by atoms with E-state index in [0.29, 0.717) is 29.3 Å². The van der Waals surface area contributed by atoms with Crippen molar-refractivity contribution in [2.75, 3.05) is 17.2 Å². The van der Waals surface area contributed by atoms with Crippen LogP contribution in [0.25, 0.3) is 6.08 Å². The van der Waals surface area contributed by atoms with Gasteiger partial charge in [0, 0.05) is 16.1 Å². The summed E-state index contributed by atoms with van der Waals surface area (Å²) in [5, 5.41) is 8.14. The first kappa shape index (κ1) is 29.2. The number of benzene rings is 4. The molecule has 0 aliphatic rings. The van der Waals surface area contributed by atoms with E-state index in [1.807, 2.05) is 80.6 Å². The summed E-state index contributed by atoms with van der Waals surface area (Å²) in [6.07, 6.45) is 1.63. The minimum absolute atomic E-state index is 0.112. The lowest BCUT2D eigenvalue weighted by molar-refractivity contribution is -0.115. The molecule has 0 fully saturated rings. The maximum Gasteiger partial charge on any atom is 0.272 e. The molecule has 1 atom stereocenters. The predicted molar refractivity (Wildman–Crippen MR) is 165 cm³/mol. The molecule has 41 heavy (non-hydrogen) atoms. The molecule has 0 aliphatic heterocycles. The zero-order chi connectivity index (χ0) is 29.0. The molecule has 4 rings (SSSR count). The van der Waals surface area contributed by atoms with Gasteiger partial charge in [-0.05, 0) is 74.0 Å². The number of amides is 3. The van der Waals surface area contributed by atoms with Crippen LogP contribution < -0.4 is 20.7 Å². The highest BCUT2D eigenvalue weighted by atomic mass is 32.2. The van der Waals surface area contributed by atoms with E-state index in [1.54, 1.807) is 48.5 Å². The van der Waals surface area contributed by atoms with Crippen molar-refractivity contribution in [3.05, 3.63) is 126 Å². The average molecular weight is 566 g/mol. The first-order chi connectivity index (χ1) is 19.9. The van der Waals surface area contributed by atoms with Gasteiger partial charge in [0.25, 0.3) is 11.8 Å². The molecular weight excluding hydrogens is 534 g/mol. The fourth-order valence-corrected chi connectivity index (χ4v) is 4.68. The van der Waals surface area contributed by atoms with Crippen LogP contribution >= 0.6 is 11.8 Å². The van der Waals surface area contributed by atoms with Gasteiger partial charge in [-0.25, -0.2) is 0 Å². The fourth-order valence-electron chi connectivity index (χ4n) is 3.82. The minimum atomic E-state index is -0.459. The zero-order valence-corrected chi connectivity index (χ0v) is 23.6. The lowest BCUT2D eigenvalue weighted by Crippen LogP contribution is -2.30. The number of thioether (sulfide) groups is 1. The Bertz CT molecular complexity index is 1510. The van der Waals surface area contributed by atoms with E-state index in [9.17, 15) is 14.4 Å². The van der Waals surface area contributed by atoms with Crippen LogP contribution in [0.15, 0.2) is 120 Å². The molecule has 3 N–H and O–H groups in total. The van der Waals surface area contributed by atoms with Gasteiger partial charge in [0.05, 0.1) is 17.5 Å². The van der Waals surface area contributed by atoms with Gasteiger partial charge in [0.2, 0.25) is 5.91 Å². The number of carbonyl (C=O) groups is 3. The highest BCUT2D eigenvalue weighted by molar-refractivity contribution is 8.00. The molecular formula is C33H31N3O4S. The maximum atomic E-state index is 13.2. The van der Waals surface area contributed by atoms with Gasteiger partial charge in [-0.3, -0.25) is 14.4 Å². The van der Waals surface area contributed by atoms with Crippen LogP contribution in [0, 0.1) is 0 Å². The Balaban J connectivity index is 1.41. The molecule has 0 bridgehead atoms. The molecule has 0 heterocycles. The number of para-hydroxylation sites is 2. The third-order valence-corrected chi connectivity index (χ3v) is 6.99. The van der Waals surface area contributed by atoms with E-state index >= 15 is 0 Å². The second kappa shape index (κ2) is 14.5. The molecule has 0 saturated carbocycles. The standard InChI is InChI=1S/C33H31N3O4S/c1-3-40-30-17-11-10-16-28(30)35-31(37)23(2)41-27-20-18-26(19-21-27)34-33(39)29(22-24-12-6-4-7-13-24)36-32(38)25-14-8-5-9-15-25/h4-23H,3H2,1-2H3,(H,34,39)(H,35,37)(H,36,38)/b29-22-. The van der Waals surface area contributed by atoms with Crippen LogP contribution in [0.5, 0.6) is 5.75 Å². The Hall–Kier alpha value is -4.82. The van der Waals surface area contributed by atoms with Crippen LogP contribution in [-0.2, 0) is 9.59 Å². The van der Waals surface area contributed by atoms with Gasteiger partial charge in [-0.1, -0.05) is 60.7 Å². The monoisotopic (exact) mass is 565 g/mol. The van der Waals surface area contributed by atoms with E-state index < -0.39 is 5.91 Å². The number of carbonyl (C=O) groups excluding carboxylic acids is 3. The van der Waals surface area contributed by atoms with Gasteiger partial charge in [-0.15, -0.1) is 11.8 Å². The summed E-state index contributed by atoms with van der Waals surface area (Å²) < 4.78 is 5.59. The fraction of sp³-hybridized carbons (Fsp3) is 0.121. The largest absolute Gasteiger partial charge is 0.492 e. The van der Waals surface area contributed by atoms with E-state index in [1.165, 1.54) is 11.8 Å². The lowest BCUT2D eigenvalue weighted by atomic mass is 10.1. The molecule has 8 heteroatoms. The van der Waals surface area contributed by atoms with Gasteiger partial charge in [-0.2, -0.15) is 0 Å². The zero-order valence-electron chi connectivity index (χ0n) is 22.8. The highest BCUT2D eigenvalue weighted by Crippen LogP contribution is 2.28. The van der Waals surface area contributed by atoms with Crippen LogP contribution in [0.3, 0.4) is 0 Å². The maximum absolute atomic E-state index is 13.2. The molecule has 7 nitrogen and oxygen atoms in total. The van der Waals surface area contributed by atoms with Crippen molar-refractivity contribution in [1.82, 2.24) is 5.32 Å². The van der Waals surface area contributed by atoms with E-state index in [2.05, 4.69) is 16.0 Å². The number of rotatable bonds is 11. The third-order valence-electron chi connectivity index (χ3n) is 5.88. The highest BCUT2D eigenvalue weighted by Gasteiger charge is 2.18. The van der Waals surface area contributed by atoms with Gasteiger partial charge < -0.3 is 20.7 Å². The van der Waals surface area contributed by atoms with Crippen LogP contribution in [0.4, 0.5) is 11.4 Å². The van der Waals surface area contributed by atoms with E-state index in [0.717, 1.165) is 10.5 Å². The van der Waals surface area contributed by atoms with Crippen molar-refractivity contribution in [2.24, 2.45) is 0 Å². The van der Waals surface area contributed by atoms with Crippen molar-refractivity contribution in [2.45, 2.75) is 24.0 Å². The number of anilines is 2. The summed E-state index contributed by atoms with van der Waals surface area (Å²) in [5.74, 6) is -0.365. The summed E-state index contributed by atoms with van der Waals surface area (Å²) in [6, 6.07) is 32.5. The van der Waals surface area contributed by atoms with Crippen molar-refractivity contribution < 1.29 is 19.1 Å². The SMILES string of the molecule is CCOc1ccccc1NC(=O)C(C)Sc1ccc(NC(=O)/C(=C/c2ccccc2)NC(=O)c2ccccc2)cc1. The quantitative estimate of drug-likeness (QED) is 0.140. The van der Waals surface area contributed by atoms with Crippen LogP contribution in [0.2, 0.25) is 0 Å². The third kappa shape index (κ3) is 8.58. The topological polar surface area (TPSA) is 96.5 Å². The first-order valence-electron chi connectivity index (χ1n) is 13.2. The summed E-state index contributed by atoms with van der Waals surface area (Å²) in [5.41, 5.74) is 2.51. The number of hydrogen-bond donors (Lipinski definition) is 3. The Morgan fingerprint density at radius 2 is 1.44 bits per heavy atom.